The first-order chi connectivity index (χ1) is 10.1. The molecular weight excluding hydrogens is 270 g/mol. The second-order valence-electron chi connectivity index (χ2n) is 5.64. The van der Waals surface area contributed by atoms with Crippen molar-refractivity contribution in [2.24, 2.45) is 5.92 Å². The van der Waals surface area contributed by atoms with Crippen LogP contribution >= 0.6 is 0 Å². The number of carbonyl (C=O) groups excluding carboxylic acids is 1. The Balaban J connectivity index is 1.65. The highest BCUT2D eigenvalue weighted by atomic mass is 16.3. The lowest BCUT2D eigenvalue weighted by Crippen LogP contribution is -2.41. The highest BCUT2D eigenvalue weighted by Gasteiger charge is 2.22. The lowest BCUT2D eigenvalue weighted by atomic mass is 10.0. The number of likely N-dealkylation sites (tertiary alicyclic amines) is 1. The summed E-state index contributed by atoms with van der Waals surface area (Å²) in [5, 5.41) is 12.1. The van der Waals surface area contributed by atoms with Crippen molar-refractivity contribution >= 4 is 5.91 Å². The van der Waals surface area contributed by atoms with E-state index in [1.807, 2.05) is 17.9 Å². The average Bonchev–Trinajstić information content (AvgIpc) is 3.07. The zero-order chi connectivity index (χ0) is 14.8. The zero-order valence-corrected chi connectivity index (χ0v) is 12.3. The maximum Gasteiger partial charge on any atom is 0.246 e. The first kappa shape index (κ1) is 13.8. The summed E-state index contributed by atoms with van der Waals surface area (Å²) in [5.74, 6) is 2.37. The van der Waals surface area contributed by atoms with Crippen molar-refractivity contribution < 1.29 is 9.21 Å². The van der Waals surface area contributed by atoms with Crippen molar-refractivity contribution in [1.82, 2.24) is 25.1 Å². The van der Waals surface area contributed by atoms with E-state index in [9.17, 15) is 4.79 Å². The monoisotopic (exact) mass is 289 g/mol. The number of piperidine rings is 1. The maximum absolute atomic E-state index is 12.2. The Labute approximate surface area is 122 Å². The van der Waals surface area contributed by atoms with Gasteiger partial charge in [-0.2, -0.15) is 4.80 Å². The van der Waals surface area contributed by atoms with Gasteiger partial charge in [-0.3, -0.25) is 4.79 Å². The van der Waals surface area contributed by atoms with Crippen LogP contribution in [0.25, 0.3) is 11.6 Å². The summed E-state index contributed by atoms with van der Waals surface area (Å²) < 4.78 is 5.44. The van der Waals surface area contributed by atoms with Gasteiger partial charge in [-0.1, -0.05) is 6.92 Å². The molecule has 1 amide bonds. The molecule has 0 aliphatic carbocycles. The van der Waals surface area contributed by atoms with E-state index in [2.05, 4.69) is 22.3 Å². The SMILES string of the molecule is Cc1ccc(-c2nnn(CC(=O)N3CCCC(C)C3)n2)o1. The minimum atomic E-state index is 0.0427. The van der Waals surface area contributed by atoms with Gasteiger partial charge in [0.15, 0.2) is 5.76 Å². The molecule has 7 nitrogen and oxygen atoms in total. The van der Waals surface area contributed by atoms with Crippen LogP contribution in [0.15, 0.2) is 16.5 Å². The summed E-state index contributed by atoms with van der Waals surface area (Å²) in [5.41, 5.74) is 0. The van der Waals surface area contributed by atoms with E-state index in [0.717, 1.165) is 25.3 Å². The fourth-order valence-corrected chi connectivity index (χ4v) is 2.60. The van der Waals surface area contributed by atoms with Gasteiger partial charge < -0.3 is 9.32 Å². The number of nitrogens with zero attached hydrogens (tertiary/aromatic N) is 5. The van der Waals surface area contributed by atoms with Crippen LogP contribution in [0.1, 0.15) is 25.5 Å². The van der Waals surface area contributed by atoms with Gasteiger partial charge in [-0.15, -0.1) is 10.2 Å². The van der Waals surface area contributed by atoms with E-state index in [0.29, 0.717) is 17.5 Å². The van der Waals surface area contributed by atoms with E-state index >= 15 is 0 Å². The molecule has 0 radical (unpaired) electrons. The quantitative estimate of drug-likeness (QED) is 0.855. The Hall–Kier alpha value is -2.18. The van der Waals surface area contributed by atoms with Crippen LogP contribution in [-0.2, 0) is 11.3 Å². The van der Waals surface area contributed by atoms with Crippen LogP contribution in [0, 0.1) is 12.8 Å². The lowest BCUT2D eigenvalue weighted by Gasteiger charge is -2.30. The molecule has 0 saturated carbocycles. The second kappa shape index (κ2) is 5.67. The Bertz CT molecular complexity index is 633. The minimum absolute atomic E-state index is 0.0427. The van der Waals surface area contributed by atoms with Crippen molar-refractivity contribution in [2.45, 2.75) is 33.2 Å². The molecule has 1 atom stereocenters. The van der Waals surface area contributed by atoms with E-state index in [1.165, 1.54) is 11.2 Å². The second-order valence-corrected chi connectivity index (χ2v) is 5.64. The molecule has 1 saturated heterocycles. The molecule has 3 rings (SSSR count). The number of furan rings is 1. The molecule has 1 unspecified atom stereocenters. The third-order valence-corrected chi connectivity index (χ3v) is 3.70. The van der Waals surface area contributed by atoms with Gasteiger partial charge in [0.25, 0.3) is 0 Å². The Morgan fingerprint density at radius 2 is 2.33 bits per heavy atom. The highest BCUT2D eigenvalue weighted by molar-refractivity contribution is 5.75. The zero-order valence-electron chi connectivity index (χ0n) is 12.3. The summed E-state index contributed by atoms with van der Waals surface area (Å²) in [6.45, 7) is 5.79. The van der Waals surface area contributed by atoms with Gasteiger partial charge in [0, 0.05) is 13.1 Å². The van der Waals surface area contributed by atoms with Gasteiger partial charge in [0.1, 0.15) is 12.3 Å². The Kier molecular flexibility index (Phi) is 3.72. The van der Waals surface area contributed by atoms with Crippen LogP contribution in [0.2, 0.25) is 0 Å². The molecule has 0 aromatic carbocycles. The summed E-state index contributed by atoms with van der Waals surface area (Å²) in [6, 6.07) is 3.64. The molecule has 1 aliphatic rings. The first-order valence-electron chi connectivity index (χ1n) is 7.24. The number of hydrogen-bond acceptors (Lipinski definition) is 5. The summed E-state index contributed by atoms with van der Waals surface area (Å²) in [4.78, 5) is 15.4. The van der Waals surface area contributed by atoms with E-state index in [-0.39, 0.29) is 12.5 Å². The van der Waals surface area contributed by atoms with Crippen molar-refractivity contribution in [3.63, 3.8) is 0 Å². The molecule has 2 aromatic rings. The summed E-state index contributed by atoms with van der Waals surface area (Å²) >= 11 is 0. The van der Waals surface area contributed by atoms with Gasteiger partial charge in [-0.05, 0) is 43.0 Å². The molecule has 112 valence electrons. The molecule has 7 heteroatoms. The maximum atomic E-state index is 12.2. The Morgan fingerprint density at radius 1 is 1.48 bits per heavy atom. The highest BCUT2D eigenvalue weighted by Crippen LogP contribution is 2.17. The third-order valence-electron chi connectivity index (χ3n) is 3.70. The van der Waals surface area contributed by atoms with Gasteiger partial charge in [0.2, 0.25) is 11.7 Å². The molecule has 1 aliphatic heterocycles. The van der Waals surface area contributed by atoms with Gasteiger partial charge >= 0.3 is 0 Å². The number of rotatable bonds is 3. The van der Waals surface area contributed by atoms with E-state index in [1.54, 1.807) is 6.07 Å². The lowest BCUT2D eigenvalue weighted by molar-refractivity contribution is -0.134. The number of aromatic nitrogens is 4. The molecule has 21 heavy (non-hydrogen) atoms. The number of carbonyl (C=O) groups is 1. The molecule has 3 heterocycles. The predicted molar refractivity (Wildman–Crippen MR) is 75.2 cm³/mol. The molecule has 0 bridgehead atoms. The predicted octanol–water partition coefficient (Wildman–Crippen LogP) is 1.50. The van der Waals surface area contributed by atoms with Crippen molar-refractivity contribution in [2.75, 3.05) is 13.1 Å². The van der Waals surface area contributed by atoms with Crippen LogP contribution in [0.3, 0.4) is 0 Å². The first-order valence-corrected chi connectivity index (χ1v) is 7.24. The largest absolute Gasteiger partial charge is 0.458 e. The molecule has 0 N–H and O–H groups in total. The minimum Gasteiger partial charge on any atom is -0.458 e. The van der Waals surface area contributed by atoms with Gasteiger partial charge in [0.05, 0.1) is 0 Å². The third kappa shape index (κ3) is 3.12. The van der Waals surface area contributed by atoms with Crippen molar-refractivity contribution in [3.05, 3.63) is 17.9 Å². The van der Waals surface area contributed by atoms with Crippen LogP contribution in [0.5, 0.6) is 0 Å². The fourth-order valence-electron chi connectivity index (χ4n) is 2.60. The van der Waals surface area contributed by atoms with Crippen molar-refractivity contribution in [3.8, 4) is 11.6 Å². The summed E-state index contributed by atoms with van der Waals surface area (Å²) in [6.07, 6.45) is 2.25. The topological polar surface area (TPSA) is 77.1 Å². The Morgan fingerprint density at radius 3 is 3.05 bits per heavy atom. The fraction of sp³-hybridized carbons (Fsp3) is 0.571. The molecular formula is C14H19N5O2. The number of hydrogen-bond donors (Lipinski definition) is 0. The average molecular weight is 289 g/mol. The van der Waals surface area contributed by atoms with Crippen molar-refractivity contribution in [1.29, 1.82) is 0 Å². The molecule has 1 fully saturated rings. The van der Waals surface area contributed by atoms with Crippen LogP contribution < -0.4 is 0 Å². The van der Waals surface area contributed by atoms with Crippen LogP contribution in [0.4, 0.5) is 0 Å². The summed E-state index contributed by atoms with van der Waals surface area (Å²) in [7, 11) is 0. The normalized spacial score (nSPS) is 19.0. The molecule has 2 aromatic heterocycles. The molecule has 0 spiro atoms. The van der Waals surface area contributed by atoms with Crippen LogP contribution in [-0.4, -0.2) is 44.1 Å². The number of amides is 1. The number of aryl methyl sites for hydroxylation is 1. The smallest absolute Gasteiger partial charge is 0.246 e. The standard InChI is InChI=1S/C14H19N5O2/c1-10-4-3-7-18(8-10)13(20)9-19-16-14(15-17-19)12-6-5-11(2)21-12/h5-6,10H,3-4,7-9H2,1-2H3. The van der Waals surface area contributed by atoms with E-state index in [4.69, 9.17) is 4.42 Å². The van der Waals surface area contributed by atoms with E-state index < -0.39 is 0 Å². The van der Waals surface area contributed by atoms with Gasteiger partial charge in [-0.25, -0.2) is 0 Å². The number of tetrazole rings is 1.